The van der Waals surface area contributed by atoms with Gasteiger partial charge in [-0.2, -0.15) is 5.10 Å². The van der Waals surface area contributed by atoms with Gasteiger partial charge >= 0.3 is 0 Å². The first-order valence-electron chi connectivity index (χ1n) is 7.17. The first kappa shape index (κ1) is 15.5. The fourth-order valence-electron chi connectivity index (χ4n) is 2.97. The molecule has 1 aliphatic rings. The maximum absolute atomic E-state index is 11.3. The number of rotatable bonds is 5. The third kappa shape index (κ3) is 3.61. The Balaban J connectivity index is 2.27. The summed E-state index contributed by atoms with van der Waals surface area (Å²) in [6.07, 6.45) is 5.22. The Bertz CT molecular complexity index is 575. The number of hydrogen-bond donors (Lipinski definition) is 1. The second-order valence-electron chi connectivity index (χ2n) is 6.56. The molecule has 1 aromatic rings. The lowest BCUT2D eigenvalue weighted by atomic mass is 9.74. The van der Waals surface area contributed by atoms with Gasteiger partial charge in [0.25, 0.3) is 0 Å². The fourth-order valence-corrected chi connectivity index (χ4v) is 3.48. The van der Waals surface area contributed by atoms with Crippen LogP contribution in [0, 0.1) is 5.41 Å². The molecule has 1 aliphatic carbocycles. The highest BCUT2D eigenvalue weighted by atomic mass is 32.2. The number of nitrogens with one attached hydrogen (secondary N) is 1. The predicted octanol–water partition coefficient (Wildman–Crippen LogP) is 1.55. The lowest BCUT2D eigenvalue weighted by Gasteiger charge is -2.36. The molecular weight excluding hydrogens is 274 g/mol. The minimum Gasteiger partial charge on any atom is -0.310 e. The van der Waals surface area contributed by atoms with Gasteiger partial charge in [0.1, 0.15) is 9.84 Å². The minimum absolute atomic E-state index is 0.146. The van der Waals surface area contributed by atoms with E-state index in [-0.39, 0.29) is 11.2 Å². The van der Waals surface area contributed by atoms with Crippen molar-refractivity contribution in [3.8, 4) is 0 Å². The van der Waals surface area contributed by atoms with E-state index >= 15 is 0 Å². The van der Waals surface area contributed by atoms with Gasteiger partial charge in [-0.25, -0.2) is 8.42 Å². The van der Waals surface area contributed by atoms with Gasteiger partial charge in [0, 0.05) is 23.6 Å². The zero-order valence-corrected chi connectivity index (χ0v) is 13.6. The van der Waals surface area contributed by atoms with Crippen molar-refractivity contribution in [2.45, 2.75) is 46.2 Å². The largest absolute Gasteiger partial charge is 0.310 e. The van der Waals surface area contributed by atoms with Gasteiger partial charge in [-0.15, -0.1) is 0 Å². The van der Waals surface area contributed by atoms with Crippen LogP contribution in [-0.4, -0.2) is 36.8 Å². The number of sulfone groups is 1. The van der Waals surface area contributed by atoms with E-state index in [1.54, 1.807) is 0 Å². The topological polar surface area (TPSA) is 64.0 Å². The van der Waals surface area contributed by atoms with Gasteiger partial charge in [0.2, 0.25) is 0 Å². The Morgan fingerprint density at radius 2 is 2.20 bits per heavy atom. The van der Waals surface area contributed by atoms with E-state index in [1.807, 2.05) is 10.9 Å². The smallest absolute Gasteiger partial charge is 0.149 e. The quantitative estimate of drug-likeness (QED) is 0.896. The van der Waals surface area contributed by atoms with Crippen molar-refractivity contribution < 1.29 is 8.42 Å². The first-order chi connectivity index (χ1) is 9.22. The zero-order chi connectivity index (χ0) is 15.0. The monoisotopic (exact) mass is 299 g/mol. The average Bonchev–Trinajstić information content (AvgIpc) is 2.67. The van der Waals surface area contributed by atoms with Crippen molar-refractivity contribution in [2.24, 2.45) is 5.41 Å². The summed E-state index contributed by atoms with van der Waals surface area (Å²) >= 11 is 0. The molecule has 1 atom stereocenters. The minimum atomic E-state index is -2.96. The molecule has 0 fully saturated rings. The van der Waals surface area contributed by atoms with Crippen LogP contribution in [0.1, 0.15) is 44.5 Å². The maximum atomic E-state index is 11.3. The van der Waals surface area contributed by atoms with Crippen LogP contribution in [0.15, 0.2) is 6.20 Å². The van der Waals surface area contributed by atoms with Crippen LogP contribution in [0.25, 0.3) is 0 Å². The highest BCUT2D eigenvalue weighted by Gasteiger charge is 2.34. The second kappa shape index (κ2) is 5.48. The molecule has 1 heterocycles. The van der Waals surface area contributed by atoms with Crippen molar-refractivity contribution in [1.82, 2.24) is 15.1 Å². The number of nitrogens with zero attached hydrogens (tertiary/aromatic N) is 2. The summed E-state index contributed by atoms with van der Waals surface area (Å²) in [5.74, 6) is 0.146. The highest BCUT2D eigenvalue weighted by molar-refractivity contribution is 7.90. The van der Waals surface area contributed by atoms with Gasteiger partial charge in [-0.1, -0.05) is 20.8 Å². The normalized spacial score (nSPS) is 21.7. The standard InChI is InChI=1S/C14H25N3O2S/c1-5-15-12-8-14(2,3)9-13-11(12)10-16-17(13)6-7-20(4,18)19/h10,12,15H,5-9H2,1-4H3. The summed E-state index contributed by atoms with van der Waals surface area (Å²) in [5.41, 5.74) is 2.64. The Labute approximate surface area is 121 Å². The van der Waals surface area contributed by atoms with E-state index in [4.69, 9.17) is 0 Å². The lowest BCUT2D eigenvalue weighted by molar-refractivity contribution is 0.253. The average molecular weight is 299 g/mol. The molecule has 0 bridgehead atoms. The molecule has 0 saturated heterocycles. The highest BCUT2D eigenvalue weighted by Crippen LogP contribution is 2.40. The Hall–Kier alpha value is -0.880. The third-order valence-corrected chi connectivity index (χ3v) is 4.81. The van der Waals surface area contributed by atoms with Gasteiger partial charge in [-0.05, 0) is 24.8 Å². The van der Waals surface area contributed by atoms with E-state index in [1.165, 1.54) is 17.5 Å². The zero-order valence-electron chi connectivity index (χ0n) is 12.8. The van der Waals surface area contributed by atoms with Crippen molar-refractivity contribution in [3.05, 3.63) is 17.5 Å². The molecule has 5 nitrogen and oxygen atoms in total. The molecule has 1 aromatic heterocycles. The second-order valence-corrected chi connectivity index (χ2v) is 8.81. The molecule has 1 N–H and O–H groups in total. The fraction of sp³-hybridized carbons (Fsp3) is 0.786. The van der Waals surface area contributed by atoms with Gasteiger partial charge in [0.15, 0.2) is 0 Å². The molecule has 0 radical (unpaired) electrons. The van der Waals surface area contributed by atoms with E-state index in [0.29, 0.717) is 12.6 Å². The molecular formula is C14H25N3O2S. The summed E-state index contributed by atoms with van der Waals surface area (Å²) in [7, 11) is -2.96. The van der Waals surface area contributed by atoms with Crippen LogP contribution in [-0.2, 0) is 22.8 Å². The molecule has 2 rings (SSSR count). The molecule has 114 valence electrons. The molecule has 0 spiro atoms. The summed E-state index contributed by atoms with van der Waals surface area (Å²) in [5, 5.41) is 7.92. The van der Waals surface area contributed by atoms with Crippen LogP contribution in [0.2, 0.25) is 0 Å². The van der Waals surface area contributed by atoms with Crippen LogP contribution in [0.4, 0.5) is 0 Å². The first-order valence-corrected chi connectivity index (χ1v) is 9.23. The molecule has 0 amide bonds. The van der Waals surface area contributed by atoms with Crippen LogP contribution in [0.3, 0.4) is 0 Å². The molecule has 20 heavy (non-hydrogen) atoms. The summed E-state index contributed by atoms with van der Waals surface area (Å²) < 4.78 is 24.5. The maximum Gasteiger partial charge on any atom is 0.149 e. The van der Waals surface area contributed by atoms with Gasteiger partial charge < -0.3 is 5.32 Å². The molecule has 0 aliphatic heterocycles. The third-order valence-electron chi connectivity index (χ3n) is 3.88. The predicted molar refractivity (Wildman–Crippen MR) is 80.5 cm³/mol. The van der Waals surface area contributed by atoms with Crippen LogP contribution >= 0.6 is 0 Å². The Morgan fingerprint density at radius 1 is 1.50 bits per heavy atom. The van der Waals surface area contributed by atoms with E-state index in [0.717, 1.165) is 19.4 Å². The van der Waals surface area contributed by atoms with Crippen LogP contribution < -0.4 is 5.32 Å². The number of fused-ring (bicyclic) bond motifs is 1. The molecule has 1 unspecified atom stereocenters. The summed E-state index contributed by atoms with van der Waals surface area (Å²) in [4.78, 5) is 0. The van der Waals surface area contributed by atoms with Crippen molar-refractivity contribution in [2.75, 3.05) is 18.6 Å². The van der Waals surface area contributed by atoms with Crippen molar-refractivity contribution in [1.29, 1.82) is 0 Å². The SMILES string of the molecule is CCNC1CC(C)(C)Cc2c1cnn2CCS(C)(=O)=O. The van der Waals surface area contributed by atoms with Crippen LogP contribution in [0.5, 0.6) is 0 Å². The number of hydrogen-bond acceptors (Lipinski definition) is 4. The molecule has 6 heteroatoms. The lowest BCUT2D eigenvalue weighted by Crippen LogP contribution is -2.34. The van der Waals surface area contributed by atoms with Gasteiger partial charge in [-0.3, -0.25) is 4.68 Å². The van der Waals surface area contributed by atoms with Gasteiger partial charge in [0.05, 0.1) is 18.5 Å². The number of aryl methyl sites for hydroxylation is 1. The summed E-state index contributed by atoms with van der Waals surface area (Å²) in [6, 6.07) is 0.325. The van der Waals surface area contributed by atoms with E-state index < -0.39 is 9.84 Å². The Kier molecular flexibility index (Phi) is 4.25. The molecule has 0 aromatic carbocycles. The molecule has 0 saturated carbocycles. The Morgan fingerprint density at radius 3 is 2.80 bits per heavy atom. The summed E-state index contributed by atoms with van der Waals surface area (Å²) in [6.45, 7) is 8.00. The van der Waals surface area contributed by atoms with E-state index in [9.17, 15) is 8.42 Å². The van der Waals surface area contributed by atoms with Crippen molar-refractivity contribution >= 4 is 9.84 Å². The van der Waals surface area contributed by atoms with E-state index in [2.05, 4.69) is 31.2 Å². The number of aromatic nitrogens is 2. The van der Waals surface area contributed by atoms with Crippen molar-refractivity contribution in [3.63, 3.8) is 0 Å².